The lowest BCUT2D eigenvalue weighted by molar-refractivity contribution is -0.137. The summed E-state index contributed by atoms with van der Waals surface area (Å²) < 4.78 is 16.2. The van der Waals surface area contributed by atoms with Gasteiger partial charge in [-0.15, -0.1) is 0 Å². The van der Waals surface area contributed by atoms with Crippen LogP contribution in [0.4, 0.5) is 5.69 Å². The maximum absolute atomic E-state index is 13.4. The van der Waals surface area contributed by atoms with Crippen LogP contribution in [0.3, 0.4) is 0 Å². The molecule has 0 saturated carbocycles. The lowest BCUT2D eigenvalue weighted by atomic mass is 10.0. The smallest absolute Gasteiger partial charge is 0.278 e. The first-order valence-corrected chi connectivity index (χ1v) is 10.4. The minimum atomic E-state index is -0.475. The second-order valence-corrected chi connectivity index (χ2v) is 7.39. The van der Waals surface area contributed by atoms with Crippen molar-refractivity contribution in [1.82, 2.24) is 4.90 Å². The summed E-state index contributed by atoms with van der Waals surface area (Å²) in [7, 11) is 1.51. The number of halogens is 1. The number of rotatable bonds is 8. The summed E-state index contributed by atoms with van der Waals surface area (Å²) in [5.41, 5.74) is 1.43. The van der Waals surface area contributed by atoms with Crippen molar-refractivity contribution in [2.75, 3.05) is 19.0 Å². The fourth-order valence-electron chi connectivity index (χ4n) is 3.46. The lowest BCUT2D eigenvalue weighted by Gasteiger charge is -2.14. The zero-order valence-electron chi connectivity index (χ0n) is 17.6. The molecular weight excluding hydrogens is 432 g/mol. The molecule has 1 N–H and O–H groups in total. The Morgan fingerprint density at radius 3 is 2.50 bits per heavy atom. The molecule has 0 bridgehead atoms. The number of carbonyl (C=O) groups excluding carboxylic acids is 2. The van der Waals surface area contributed by atoms with Crippen LogP contribution < -0.4 is 14.8 Å². The summed E-state index contributed by atoms with van der Waals surface area (Å²) in [5.74, 6) is 0.750. The second kappa shape index (κ2) is 9.20. The van der Waals surface area contributed by atoms with Crippen molar-refractivity contribution < 1.29 is 23.5 Å². The fraction of sp³-hybridized carbons (Fsp3) is 0.167. The number of carbonyl (C=O) groups is 2. The number of amides is 2. The first-order valence-electron chi connectivity index (χ1n) is 9.98. The highest BCUT2D eigenvalue weighted by molar-refractivity contribution is 6.36. The van der Waals surface area contributed by atoms with Gasteiger partial charge in [-0.1, -0.05) is 23.7 Å². The van der Waals surface area contributed by atoms with E-state index in [1.54, 1.807) is 54.6 Å². The predicted molar refractivity (Wildman–Crippen MR) is 120 cm³/mol. The van der Waals surface area contributed by atoms with Gasteiger partial charge < -0.3 is 19.2 Å². The van der Waals surface area contributed by atoms with Crippen molar-refractivity contribution in [3.63, 3.8) is 0 Å². The molecule has 1 aromatic heterocycles. The highest BCUT2D eigenvalue weighted by Gasteiger charge is 2.40. The van der Waals surface area contributed by atoms with Crippen LogP contribution in [0.15, 0.2) is 71.0 Å². The molecule has 0 saturated heterocycles. The molecule has 7 nitrogen and oxygen atoms in total. The van der Waals surface area contributed by atoms with E-state index in [0.29, 0.717) is 40.1 Å². The molecule has 2 heterocycles. The minimum Gasteiger partial charge on any atom is -0.495 e. The summed E-state index contributed by atoms with van der Waals surface area (Å²) in [6.07, 6.45) is 1.50. The van der Waals surface area contributed by atoms with Crippen LogP contribution in [0.5, 0.6) is 11.5 Å². The molecule has 0 atom stereocenters. The summed E-state index contributed by atoms with van der Waals surface area (Å²) in [6.45, 7) is 2.43. The Kier molecular flexibility index (Phi) is 6.18. The highest BCUT2D eigenvalue weighted by atomic mass is 35.5. The van der Waals surface area contributed by atoms with Gasteiger partial charge in [0, 0.05) is 5.02 Å². The van der Waals surface area contributed by atoms with Gasteiger partial charge in [-0.05, 0) is 55.0 Å². The van der Waals surface area contributed by atoms with E-state index in [2.05, 4.69) is 5.32 Å². The van der Waals surface area contributed by atoms with Gasteiger partial charge in [-0.3, -0.25) is 14.5 Å². The number of furan rings is 1. The van der Waals surface area contributed by atoms with E-state index >= 15 is 0 Å². The zero-order chi connectivity index (χ0) is 22.7. The Balaban J connectivity index is 1.76. The number of nitrogens with zero attached hydrogens (tertiary/aromatic N) is 1. The molecular formula is C24H21ClN2O5. The van der Waals surface area contributed by atoms with E-state index in [1.165, 1.54) is 13.4 Å². The van der Waals surface area contributed by atoms with Crippen molar-refractivity contribution in [2.24, 2.45) is 0 Å². The minimum absolute atomic E-state index is 0.0169. The van der Waals surface area contributed by atoms with Gasteiger partial charge >= 0.3 is 0 Å². The van der Waals surface area contributed by atoms with Gasteiger partial charge in [0.1, 0.15) is 23.0 Å². The van der Waals surface area contributed by atoms with Gasteiger partial charge in [0.25, 0.3) is 11.8 Å². The van der Waals surface area contributed by atoms with Gasteiger partial charge in [-0.25, -0.2) is 0 Å². The first-order chi connectivity index (χ1) is 15.5. The molecule has 1 aliphatic heterocycles. The molecule has 4 rings (SSSR count). The molecule has 1 aliphatic rings. The Hall–Kier alpha value is -3.71. The molecule has 0 aliphatic carbocycles. The molecule has 3 aromatic rings. The number of methoxy groups -OCH3 is 1. The quantitative estimate of drug-likeness (QED) is 0.497. The van der Waals surface area contributed by atoms with Gasteiger partial charge in [0.15, 0.2) is 0 Å². The SMILES string of the molecule is CCOc1ccc(C2=C(Nc3cc(Cl)ccc3OC)C(=O)N(Cc3ccco3)C2=O)cc1. The molecule has 2 aromatic carbocycles. The number of benzene rings is 2. The van der Waals surface area contributed by atoms with Crippen LogP contribution >= 0.6 is 11.6 Å². The summed E-state index contributed by atoms with van der Waals surface area (Å²) in [4.78, 5) is 27.8. The van der Waals surface area contributed by atoms with E-state index in [1.807, 2.05) is 6.92 Å². The van der Waals surface area contributed by atoms with Crippen molar-refractivity contribution in [2.45, 2.75) is 13.5 Å². The molecule has 32 heavy (non-hydrogen) atoms. The van der Waals surface area contributed by atoms with E-state index in [-0.39, 0.29) is 17.8 Å². The largest absolute Gasteiger partial charge is 0.495 e. The maximum Gasteiger partial charge on any atom is 0.278 e. The Bertz CT molecular complexity index is 1170. The van der Waals surface area contributed by atoms with E-state index in [4.69, 9.17) is 25.5 Å². The third-order valence-corrected chi connectivity index (χ3v) is 5.17. The Morgan fingerprint density at radius 2 is 1.84 bits per heavy atom. The maximum atomic E-state index is 13.4. The molecule has 0 unspecified atom stereocenters. The number of imide groups is 1. The van der Waals surface area contributed by atoms with Crippen LogP contribution in [-0.2, 0) is 16.1 Å². The van der Waals surface area contributed by atoms with Crippen LogP contribution in [-0.4, -0.2) is 30.4 Å². The van der Waals surface area contributed by atoms with Gasteiger partial charge in [0.05, 0.1) is 37.8 Å². The van der Waals surface area contributed by atoms with Crippen LogP contribution in [0.25, 0.3) is 5.57 Å². The van der Waals surface area contributed by atoms with E-state index in [0.717, 1.165) is 4.90 Å². The van der Waals surface area contributed by atoms with Gasteiger partial charge in [0.2, 0.25) is 0 Å². The highest BCUT2D eigenvalue weighted by Crippen LogP contribution is 2.35. The van der Waals surface area contributed by atoms with E-state index in [9.17, 15) is 9.59 Å². The average molecular weight is 453 g/mol. The average Bonchev–Trinajstić information content (AvgIpc) is 3.38. The third-order valence-electron chi connectivity index (χ3n) is 4.94. The molecule has 8 heteroatoms. The standard InChI is InChI=1S/C24H21ClN2O5/c1-3-31-17-9-6-15(7-10-17)21-22(26-19-13-16(25)8-11-20(19)30-2)24(29)27(23(21)28)14-18-5-4-12-32-18/h4-13,26H,3,14H2,1-2H3. The van der Waals surface area contributed by atoms with Crippen molar-refractivity contribution >= 4 is 34.7 Å². The monoisotopic (exact) mass is 452 g/mol. The Labute approximate surface area is 190 Å². The second-order valence-electron chi connectivity index (χ2n) is 6.95. The first kappa shape index (κ1) is 21.5. The van der Waals surface area contributed by atoms with Gasteiger partial charge in [-0.2, -0.15) is 0 Å². The number of anilines is 1. The summed E-state index contributed by atoms with van der Waals surface area (Å²) in [6, 6.07) is 15.4. The summed E-state index contributed by atoms with van der Waals surface area (Å²) in [5, 5.41) is 3.53. The lowest BCUT2D eigenvalue weighted by Crippen LogP contribution is -2.31. The zero-order valence-corrected chi connectivity index (χ0v) is 18.3. The predicted octanol–water partition coefficient (Wildman–Crippen LogP) is 4.73. The van der Waals surface area contributed by atoms with Crippen molar-refractivity contribution in [1.29, 1.82) is 0 Å². The van der Waals surface area contributed by atoms with Crippen LogP contribution in [0.1, 0.15) is 18.2 Å². The van der Waals surface area contributed by atoms with Crippen molar-refractivity contribution in [3.8, 4) is 11.5 Å². The normalized spacial score (nSPS) is 13.7. The number of ether oxygens (including phenoxy) is 2. The molecule has 0 spiro atoms. The van der Waals surface area contributed by atoms with E-state index < -0.39 is 11.8 Å². The topological polar surface area (TPSA) is 81.0 Å². The Morgan fingerprint density at radius 1 is 1.06 bits per heavy atom. The molecule has 0 fully saturated rings. The number of nitrogens with one attached hydrogen (secondary N) is 1. The molecule has 2 amide bonds. The van der Waals surface area contributed by atoms with Crippen LogP contribution in [0.2, 0.25) is 5.02 Å². The molecule has 164 valence electrons. The van der Waals surface area contributed by atoms with Crippen molar-refractivity contribution in [3.05, 3.63) is 82.9 Å². The number of hydrogen-bond acceptors (Lipinski definition) is 6. The fourth-order valence-corrected chi connectivity index (χ4v) is 3.63. The summed E-state index contributed by atoms with van der Waals surface area (Å²) >= 11 is 6.15. The number of hydrogen-bond donors (Lipinski definition) is 1. The third kappa shape index (κ3) is 4.20. The van der Waals surface area contributed by atoms with Crippen LogP contribution in [0, 0.1) is 0 Å². The molecule has 0 radical (unpaired) electrons.